The highest BCUT2D eigenvalue weighted by Crippen LogP contribution is 2.24. The first-order chi connectivity index (χ1) is 10.0. The van der Waals surface area contributed by atoms with Crippen molar-refractivity contribution < 1.29 is 4.79 Å². The van der Waals surface area contributed by atoms with Crippen LogP contribution in [0.15, 0.2) is 39.9 Å². The normalized spacial score (nSPS) is 10.6. The lowest BCUT2D eigenvalue weighted by Crippen LogP contribution is -2.29. The quantitative estimate of drug-likeness (QED) is 0.807. The van der Waals surface area contributed by atoms with Gasteiger partial charge in [0.05, 0.1) is 5.69 Å². The number of nitrogens with one attached hydrogen (secondary N) is 1. The van der Waals surface area contributed by atoms with Gasteiger partial charge in [-0.25, -0.2) is 4.79 Å². The third-order valence-corrected chi connectivity index (χ3v) is 3.62. The molecule has 0 radical (unpaired) electrons. The van der Waals surface area contributed by atoms with Gasteiger partial charge in [0, 0.05) is 29.1 Å². The van der Waals surface area contributed by atoms with E-state index in [-0.39, 0.29) is 18.1 Å². The Bertz CT molecular complexity index is 705. The molecule has 2 rings (SSSR count). The van der Waals surface area contributed by atoms with Gasteiger partial charge in [-0.2, -0.15) is 0 Å². The van der Waals surface area contributed by atoms with E-state index in [9.17, 15) is 9.59 Å². The lowest BCUT2D eigenvalue weighted by Gasteiger charge is -2.08. The Morgan fingerprint density at radius 1 is 1.33 bits per heavy atom. The number of aromatic nitrogens is 2. The number of hydrogen-bond acceptors (Lipinski definition) is 3. The first-order valence-corrected chi connectivity index (χ1v) is 7.41. The van der Waals surface area contributed by atoms with Crippen LogP contribution < -0.4 is 16.7 Å². The minimum absolute atomic E-state index is 0.0215. The molecule has 0 saturated carbocycles. The highest BCUT2D eigenvalue weighted by Gasteiger charge is 2.09. The molecule has 1 aromatic carbocycles. The first kappa shape index (κ1) is 15.4. The third kappa shape index (κ3) is 3.75. The molecule has 3 N–H and O–H groups in total. The van der Waals surface area contributed by atoms with Gasteiger partial charge in [0.2, 0.25) is 5.91 Å². The fourth-order valence-electron chi connectivity index (χ4n) is 1.96. The molecule has 112 valence electrons. The number of imidazole rings is 1. The molecule has 1 amide bonds. The minimum atomic E-state index is -0.267. The summed E-state index contributed by atoms with van der Waals surface area (Å²) in [7, 11) is 0. The second-order valence-electron chi connectivity index (χ2n) is 4.69. The molecule has 21 heavy (non-hydrogen) atoms. The molecule has 0 spiro atoms. The lowest BCUT2D eigenvalue weighted by molar-refractivity contribution is -0.116. The average Bonchev–Trinajstić information content (AvgIpc) is 2.75. The molecular formula is C14H17BrN4O2. The van der Waals surface area contributed by atoms with Crippen LogP contribution >= 0.6 is 15.9 Å². The minimum Gasteiger partial charge on any atom is -0.399 e. The molecule has 0 bridgehead atoms. The maximum atomic E-state index is 12.0. The summed E-state index contributed by atoms with van der Waals surface area (Å²) < 4.78 is 3.68. The van der Waals surface area contributed by atoms with E-state index in [1.165, 1.54) is 4.57 Å². The number of amides is 1. The van der Waals surface area contributed by atoms with E-state index in [1.54, 1.807) is 35.2 Å². The molecule has 0 atom stereocenters. The Hall–Kier alpha value is -2.02. The molecule has 0 saturated heterocycles. The summed E-state index contributed by atoms with van der Waals surface area (Å²) in [6.45, 7) is 2.62. The molecule has 2 aromatic rings. The summed E-state index contributed by atoms with van der Waals surface area (Å²) in [5.41, 5.74) is 6.69. The van der Waals surface area contributed by atoms with E-state index < -0.39 is 0 Å². The van der Waals surface area contributed by atoms with Crippen molar-refractivity contribution in [1.82, 2.24) is 9.13 Å². The van der Waals surface area contributed by atoms with Crippen LogP contribution in [-0.4, -0.2) is 15.0 Å². The van der Waals surface area contributed by atoms with Crippen LogP contribution in [0.2, 0.25) is 0 Å². The topological polar surface area (TPSA) is 82.1 Å². The van der Waals surface area contributed by atoms with Crippen LogP contribution in [0.5, 0.6) is 0 Å². The second kappa shape index (κ2) is 6.62. The van der Waals surface area contributed by atoms with Gasteiger partial charge in [0.15, 0.2) is 0 Å². The number of nitrogens with zero attached hydrogens (tertiary/aromatic N) is 2. The molecule has 0 aliphatic carbocycles. The van der Waals surface area contributed by atoms with Crippen LogP contribution in [0.1, 0.15) is 13.3 Å². The summed E-state index contributed by atoms with van der Waals surface area (Å²) >= 11 is 3.33. The second-order valence-corrected chi connectivity index (χ2v) is 5.54. The highest BCUT2D eigenvalue weighted by molar-refractivity contribution is 9.10. The number of nitrogens with two attached hydrogens (primary N) is 1. The predicted octanol–water partition coefficient (Wildman–Crippen LogP) is 2.04. The summed E-state index contributed by atoms with van der Waals surface area (Å²) in [6.07, 6.45) is 4.18. The van der Waals surface area contributed by atoms with Crippen LogP contribution in [0, 0.1) is 0 Å². The SMILES string of the molecule is CCCn1ccn(CC(=O)Nc2ccc(N)cc2Br)c1=O. The predicted molar refractivity (Wildman–Crippen MR) is 86.2 cm³/mol. The molecule has 7 heteroatoms. The lowest BCUT2D eigenvalue weighted by atomic mass is 10.3. The van der Waals surface area contributed by atoms with E-state index >= 15 is 0 Å². The fourth-order valence-corrected chi connectivity index (χ4v) is 2.46. The number of carbonyl (C=O) groups is 1. The van der Waals surface area contributed by atoms with Gasteiger partial charge in [-0.15, -0.1) is 0 Å². The summed E-state index contributed by atoms with van der Waals surface area (Å²) in [6, 6.07) is 5.12. The zero-order chi connectivity index (χ0) is 15.4. The van der Waals surface area contributed by atoms with Gasteiger partial charge in [-0.3, -0.25) is 13.9 Å². The molecular weight excluding hydrogens is 336 g/mol. The van der Waals surface area contributed by atoms with Crippen LogP contribution in [0.3, 0.4) is 0 Å². The number of carbonyl (C=O) groups excluding carboxylic acids is 1. The van der Waals surface area contributed by atoms with Gasteiger partial charge in [0.25, 0.3) is 0 Å². The molecule has 0 aliphatic rings. The van der Waals surface area contributed by atoms with Crippen molar-refractivity contribution in [3.8, 4) is 0 Å². The number of nitrogen functional groups attached to an aromatic ring is 1. The van der Waals surface area contributed by atoms with Crippen LogP contribution in [-0.2, 0) is 17.9 Å². The smallest absolute Gasteiger partial charge is 0.328 e. The number of halogens is 1. The molecule has 0 aliphatic heterocycles. The van der Waals surface area contributed by atoms with E-state index in [2.05, 4.69) is 21.2 Å². The highest BCUT2D eigenvalue weighted by atomic mass is 79.9. The molecule has 1 aromatic heterocycles. The largest absolute Gasteiger partial charge is 0.399 e. The molecule has 0 unspecified atom stereocenters. The molecule has 0 fully saturated rings. The zero-order valence-electron chi connectivity index (χ0n) is 11.7. The average molecular weight is 353 g/mol. The number of anilines is 2. The first-order valence-electron chi connectivity index (χ1n) is 6.61. The van der Waals surface area contributed by atoms with Crippen molar-refractivity contribution in [1.29, 1.82) is 0 Å². The maximum Gasteiger partial charge on any atom is 0.328 e. The monoisotopic (exact) mass is 352 g/mol. The van der Waals surface area contributed by atoms with Crippen molar-refractivity contribution in [3.63, 3.8) is 0 Å². The van der Waals surface area contributed by atoms with Gasteiger partial charge < -0.3 is 11.1 Å². The Morgan fingerprint density at radius 3 is 2.71 bits per heavy atom. The number of hydrogen-bond donors (Lipinski definition) is 2. The van der Waals surface area contributed by atoms with Gasteiger partial charge in [-0.1, -0.05) is 6.92 Å². The van der Waals surface area contributed by atoms with Crippen molar-refractivity contribution in [2.24, 2.45) is 0 Å². The summed E-state index contributed by atoms with van der Waals surface area (Å²) in [5, 5.41) is 2.74. The standard InChI is InChI=1S/C14H17BrN4O2/c1-2-5-18-6-7-19(14(18)21)9-13(20)17-12-4-3-10(16)8-11(12)15/h3-4,6-8H,2,5,9,16H2,1H3,(H,17,20). The van der Waals surface area contributed by atoms with Crippen molar-refractivity contribution in [3.05, 3.63) is 45.5 Å². The van der Waals surface area contributed by atoms with Crippen molar-refractivity contribution in [2.45, 2.75) is 26.4 Å². The van der Waals surface area contributed by atoms with Crippen LogP contribution in [0.25, 0.3) is 0 Å². The number of benzene rings is 1. The van der Waals surface area contributed by atoms with Gasteiger partial charge in [-0.05, 0) is 40.5 Å². The van der Waals surface area contributed by atoms with E-state index in [0.29, 0.717) is 22.4 Å². The van der Waals surface area contributed by atoms with Crippen molar-refractivity contribution in [2.75, 3.05) is 11.1 Å². The number of rotatable bonds is 5. The van der Waals surface area contributed by atoms with E-state index in [4.69, 9.17) is 5.73 Å². The number of aryl methyl sites for hydroxylation is 1. The zero-order valence-corrected chi connectivity index (χ0v) is 13.3. The van der Waals surface area contributed by atoms with E-state index in [0.717, 1.165) is 6.42 Å². The third-order valence-electron chi connectivity index (χ3n) is 2.96. The Morgan fingerprint density at radius 2 is 2.05 bits per heavy atom. The van der Waals surface area contributed by atoms with Gasteiger partial charge >= 0.3 is 5.69 Å². The summed E-state index contributed by atoms with van der Waals surface area (Å²) in [4.78, 5) is 24.0. The molecule has 6 nitrogen and oxygen atoms in total. The van der Waals surface area contributed by atoms with Gasteiger partial charge in [0.1, 0.15) is 6.54 Å². The fraction of sp³-hybridized carbons (Fsp3) is 0.286. The van der Waals surface area contributed by atoms with Crippen molar-refractivity contribution >= 4 is 33.2 Å². The Labute approximate surface area is 130 Å². The maximum absolute atomic E-state index is 12.0. The summed E-state index contributed by atoms with van der Waals surface area (Å²) in [5.74, 6) is -0.267. The Balaban J connectivity index is 2.06. The Kier molecular flexibility index (Phi) is 4.85. The van der Waals surface area contributed by atoms with Crippen LogP contribution in [0.4, 0.5) is 11.4 Å². The van der Waals surface area contributed by atoms with E-state index in [1.807, 2.05) is 6.92 Å². The molecule has 1 heterocycles.